The van der Waals surface area contributed by atoms with Crippen molar-refractivity contribution in [3.05, 3.63) is 0 Å². The quantitative estimate of drug-likeness (QED) is 0.502. The fourth-order valence-electron chi connectivity index (χ4n) is 2.27. The van der Waals surface area contributed by atoms with Crippen molar-refractivity contribution >= 4 is 0 Å². The minimum absolute atomic E-state index is 0.781. The highest BCUT2D eigenvalue weighted by Gasteiger charge is 2.34. The topological polar surface area (TPSA) is 24.1 Å². The van der Waals surface area contributed by atoms with Crippen LogP contribution in [0.3, 0.4) is 0 Å². The van der Waals surface area contributed by atoms with Crippen molar-refractivity contribution in [2.45, 2.75) is 19.4 Å². The second kappa shape index (κ2) is 2.51. The molecule has 10 heavy (non-hydrogen) atoms. The van der Waals surface area contributed by atoms with Gasteiger partial charge in [-0.3, -0.25) is 0 Å². The van der Waals surface area contributed by atoms with Gasteiger partial charge in [-0.2, -0.15) is 0 Å². The van der Waals surface area contributed by atoms with Crippen molar-refractivity contribution in [1.82, 2.24) is 10.6 Å². The third-order valence-electron chi connectivity index (χ3n) is 2.97. The van der Waals surface area contributed by atoms with Crippen LogP contribution in [0.25, 0.3) is 0 Å². The zero-order valence-corrected chi connectivity index (χ0v) is 6.56. The largest absolute Gasteiger partial charge is 0.315 e. The van der Waals surface area contributed by atoms with E-state index in [9.17, 15) is 0 Å². The van der Waals surface area contributed by atoms with Gasteiger partial charge in [0.1, 0.15) is 0 Å². The highest BCUT2D eigenvalue weighted by Crippen LogP contribution is 2.26. The molecule has 0 radical (unpaired) electrons. The molecule has 0 aromatic carbocycles. The van der Waals surface area contributed by atoms with E-state index in [1.165, 1.54) is 26.1 Å². The Balaban J connectivity index is 2.01. The molecular formula is C8H16N2. The minimum Gasteiger partial charge on any atom is -0.315 e. The third-order valence-corrected chi connectivity index (χ3v) is 2.97. The molecule has 2 heteroatoms. The second-order valence-electron chi connectivity index (χ2n) is 3.65. The van der Waals surface area contributed by atoms with E-state index in [2.05, 4.69) is 17.6 Å². The molecule has 0 saturated carbocycles. The summed E-state index contributed by atoms with van der Waals surface area (Å²) in [5.74, 6) is 1.87. The molecule has 0 aromatic rings. The molecule has 0 aromatic heterocycles. The van der Waals surface area contributed by atoms with E-state index in [1.807, 2.05) is 0 Å². The summed E-state index contributed by atoms with van der Waals surface area (Å²) in [4.78, 5) is 0. The summed E-state index contributed by atoms with van der Waals surface area (Å²) >= 11 is 0. The molecule has 2 aliphatic heterocycles. The highest BCUT2D eigenvalue weighted by molar-refractivity contribution is 4.92. The maximum Gasteiger partial charge on any atom is 0.0224 e. The van der Waals surface area contributed by atoms with E-state index in [0.29, 0.717) is 0 Å². The fourth-order valence-corrected chi connectivity index (χ4v) is 2.27. The summed E-state index contributed by atoms with van der Waals surface area (Å²) < 4.78 is 0. The summed E-state index contributed by atoms with van der Waals surface area (Å²) in [5, 5.41) is 6.96. The van der Waals surface area contributed by atoms with Gasteiger partial charge in [-0.1, -0.05) is 6.92 Å². The van der Waals surface area contributed by atoms with E-state index in [1.54, 1.807) is 0 Å². The van der Waals surface area contributed by atoms with Crippen LogP contribution in [0.1, 0.15) is 13.3 Å². The van der Waals surface area contributed by atoms with Crippen molar-refractivity contribution in [2.24, 2.45) is 11.8 Å². The maximum absolute atomic E-state index is 3.55. The van der Waals surface area contributed by atoms with Gasteiger partial charge in [0.15, 0.2) is 0 Å². The predicted molar refractivity (Wildman–Crippen MR) is 41.9 cm³/mol. The average Bonchev–Trinajstić information content (AvgIpc) is 2.34. The SMILES string of the molecule is CC1CNC2CNCCC12. The summed E-state index contributed by atoms with van der Waals surface area (Å²) in [5.41, 5.74) is 0. The molecule has 0 amide bonds. The van der Waals surface area contributed by atoms with Crippen LogP contribution in [0.15, 0.2) is 0 Å². The number of nitrogens with one attached hydrogen (secondary N) is 2. The average molecular weight is 140 g/mol. The molecule has 2 heterocycles. The Bertz CT molecular complexity index is 122. The van der Waals surface area contributed by atoms with Crippen molar-refractivity contribution in [2.75, 3.05) is 19.6 Å². The zero-order valence-electron chi connectivity index (χ0n) is 6.56. The highest BCUT2D eigenvalue weighted by atomic mass is 15.0. The molecule has 2 aliphatic rings. The van der Waals surface area contributed by atoms with E-state index in [0.717, 1.165) is 17.9 Å². The summed E-state index contributed by atoms with van der Waals surface area (Å²) in [6.45, 7) is 6.02. The first-order valence-corrected chi connectivity index (χ1v) is 4.32. The van der Waals surface area contributed by atoms with E-state index in [-0.39, 0.29) is 0 Å². The molecule has 0 aliphatic carbocycles. The monoisotopic (exact) mass is 140 g/mol. The van der Waals surface area contributed by atoms with Crippen LogP contribution < -0.4 is 10.6 Å². The molecule has 2 nitrogen and oxygen atoms in total. The number of fused-ring (bicyclic) bond motifs is 1. The Labute approximate surface area is 62.4 Å². The Morgan fingerprint density at radius 2 is 2.20 bits per heavy atom. The smallest absolute Gasteiger partial charge is 0.0224 e. The van der Waals surface area contributed by atoms with Gasteiger partial charge in [0.2, 0.25) is 0 Å². The van der Waals surface area contributed by atoms with Crippen LogP contribution in [0.2, 0.25) is 0 Å². The van der Waals surface area contributed by atoms with Gasteiger partial charge in [0, 0.05) is 12.6 Å². The summed E-state index contributed by atoms with van der Waals surface area (Å²) in [6.07, 6.45) is 1.37. The van der Waals surface area contributed by atoms with Crippen LogP contribution in [0.5, 0.6) is 0 Å². The lowest BCUT2D eigenvalue weighted by molar-refractivity contribution is 0.300. The van der Waals surface area contributed by atoms with Crippen molar-refractivity contribution in [1.29, 1.82) is 0 Å². The van der Waals surface area contributed by atoms with Crippen LogP contribution in [-0.4, -0.2) is 25.7 Å². The number of piperidine rings is 1. The Kier molecular flexibility index (Phi) is 1.66. The number of hydrogen-bond donors (Lipinski definition) is 2. The van der Waals surface area contributed by atoms with Crippen LogP contribution >= 0.6 is 0 Å². The van der Waals surface area contributed by atoms with E-state index in [4.69, 9.17) is 0 Å². The van der Waals surface area contributed by atoms with Gasteiger partial charge >= 0.3 is 0 Å². The molecule has 3 unspecified atom stereocenters. The minimum atomic E-state index is 0.781. The molecular weight excluding hydrogens is 124 g/mol. The Hall–Kier alpha value is -0.0800. The molecule has 0 spiro atoms. The van der Waals surface area contributed by atoms with Gasteiger partial charge in [0.05, 0.1) is 0 Å². The summed E-state index contributed by atoms with van der Waals surface area (Å²) in [7, 11) is 0. The van der Waals surface area contributed by atoms with Gasteiger partial charge in [-0.15, -0.1) is 0 Å². The van der Waals surface area contributed by atoms with Gasteiger partial charge in [-0.25, -0.2) is 0 Å². The summed E-state index contributed by atoms with van der Waals surface area (Å²) in [6, 6.07) is 0.781. The normalized spacial score (nSPS) is 47.1. The third kappa shape index (κ3) is 0.956. The molecule has 0 bridgehead atoms. The zero-order chi connectivity index (χ0) is 6.97. The van der Waals surface area contributed by atoms with Crippen molar-refractivity contribution < 1.29 is 0 Å². The fraction of sp³-hybridized carbons (Fsp3) is 1.00. The van der Waals surface area contributed by atoms with E-state index < -0.39 is 0 Å². The van der Waals surface area contributed by atoms with Crippen LogP contribution in [0, 0.1) is 11.8 Å². The lowest BCUT2D eigenvalue weighted by Gasteiger charge is -2.27. The predicted octanol–water partition coefficient (Wildman–Crippen LogP) is 0.204. The first kappa shape index (κ1) is 6.62. The number of rotatable bonds is 0. The lowest BCUT2D eigenvalue weighted by atomic mass is 9.87. The molecule has 2 fully saturated rings. The first-order valence-electron chi connectivity index (χ1n) is 4.32. The maximum atomic E-state index is 3.55. The van der Waals surface area contributed by atoms with Crippen molar-refractivity contribution in [3.63, 3.8) is 0 Å². The van der Waals surface area contributed by atoms with Crippen LogP contribution in [-0.2, 0) is 0 Å². The van der Waals surface area contributed by atoms with Crippen LogP contribution in [0.4, 0.5) is 0 Å². The van der Waals surface area contributed by atoms with Crippen molar-refractivity contribution in [3.8, 4) is 0 Å². The van der Waals surface area contributed by atoms with E-state index >= 15 is 0 Å². The second-order valence-corrected chi connectivity index (χ2v) is 3.65. The Morgan fingerprint density at radius 3 is 3.00 bits per heavy atom. The Morgan fingerprint density at radius 1 is 1.30 bits per heavy atom. The van der Waals surface area contributed by atoms with Gasteiger partial charge in [0.25, 0.3) is 0 Å². The molecule has 2 N–H and O–H groups in total. The molecule has 2 saturated heterocycles. The molecule has 2 rings (SSSR count). The lowest BCUT2D eigenvalue weighted by Crippen LogP contribution is -2.44. The molecule has 3 atom stereocenters. The number of hydrogen-bond acceptors (Lipinski definition) is 2. The first-order chi connectivity index (χ1) is 4.88. The standard InChI is InChI=1S/C8H16N2/c1-6-4-10-8-5-9-3-2-7(6)8/h6-10H,2-5H2,1H3. The van der Waals surface area contributed by atoms with Gasteiger partial charge < -0.3 is 10.6 Å². The molecule has 58 valence electrons. The van der Waals surface area contributed by atoms with Gasteiger partial charge in [-0.05, 0) is 31.3 Å².